The summed E-state index contributed by atoms with van der Waals surface area (Å²) in [5.41, 5.74) is 2.37. The van der Waals surface area contributed by atoms with Crippen LogP contribution in [0.4, 0.5) is 5.82 Å². The Kier molecular flexibility index (Phi) is 3.27. The second-order valence-corrected chi connectivity index (χ2v) is 5.41. The van der Waals surface area contributed by atoms with Crippen molar-refractivity contribution in [1.29, 1.82) is 0 Å². The quantitative estimate of drug-likeness (QED) is 0.918. The fraction of sp³-hybridized carbons (Fsp3) is 0.571. The summed E-state index contributed by atoms with van der Waals surface area (Å²) in [6.07, 6.45) is 9.35. The Balaban J connectivity index is 1.60. The molecule has 2 aromatic rings. The van der Waals surface area contributed by atoms with E-state index in [1.165, 1.54) is 31.2 Å². The van der Waals surface area contributed by atoms with Gasteiger partial charge in [-0.1, -0.05) is 12.8 Å². The van der Waals surface area contributed by atoms with E-state index in [4.69, 9.17) is 0 Å². The highest BCUT2D eigenvalue weighted by atomic mass is 15.3. The van der Waals surface area contributed by atoms with Crippen LogP contribution in [0.15, 0.2) is 18.5 Å². The molecule has 0 amide bonds. The highest BCUT2D eigenvalue weighted by molar-refractivity contribution is 5.36. The number of nitrogens with zero attached hydrogens (tertiary/aromatic N) is 4. The molecule has 3 rings (SSSR count). The van der Waals surface area contributed by atoms with Crippen molar-refractivity contribution in [3.05, 3.63) is 29.7 Å². The van der Waals surface area contributed by atoms with Crippen LogP contribution in [0, 0.1) is 6.92 Å². The summed E-state index contributed by atoms with van der Waals surface area (Å²) in [6.45, 7) is 2.83. The monoisotopic (exact) mass is 259 g/mol. The van der Waals surface area contributed by atoms with E-state index in [0.717, 1.165) is 18.1 Å². The first-order valence-electron chi connectivity index (χ1n) is 7.00. The van der Waals surface area contributed by atoms with Crippen molar-refractivity contribution < 1.29 is 0 Å². The topological polar surface area (TPSA) is 47.7 Å². The minimum Gasteiger partial charge on any atom is -0.364 e. The van der Waals surface area contributed by atoms with E-state index in [2.05, 4.69) is 39.4 Å². The molecule has 1 aliphatic carbocycles. The van der Waals surface area contributed by atoms with E-state index in [-0.39, 0.29) is 0 Å². The fourth-order valence-electron chi connectivity index (χ4n) is 2.68. The molecular weight excluding hydrogens is 238 g/mol. The van der Waals surface area contributed by atoms with E-state index < -0.39 is 0 Å². The molecule has 0 unspecified atom stereocenters. The number of hydrogen-bond donors (Lipinski definition) is 1. The SMILES string of the molecule is Cc1cc(NCc2cnn(C3CCCC3)c2)nn1C. The van der Waals surface area contributed by atoms with Gasteiger partial charge < -0.3 is 5.32 Å². The average molecular weight is 259 g/mol. The normalized spacial score (nSPS) is 16.1. The van der Waals surface area contributed by atoms with Gasteiger partial charge in [0.25, 0.3) is 0 Å². The molecule has 0 radical (unpaired) electrons. The largest absolute Gasteiger partial charge is 0.364 e. The van der Waals surface area contributed by atoms with Crippen LogP contribution in [0.1, 0.15) is 43.0 Å². The van der Waals surface area contributed by atoms with Crippen LogP contribution in [0.2, 0.25) is 0 Å². The van der Waals surface area contributed by atoms with Crippen LogP contribution < -0.4 is 5.32 Å². The van der Waals surface area contributed by atoms with Gasteiger partial charge in [0.05, 0.1) is 12.2 Å². The molecule has 2 heterocycles. The highest BCUT2D eigenvalue weighted by Crippen LogP contribution is 2.28. The van der Waals surface area contributed by atoms with Crippen LogP contribution in [0.5, 0.6) is 0 Å². The van der Waals surface area contributed by atoms with Crippen LogP contribution in [-0.2, 0) is 13.6 Å². The Hall–Kier alpha value is -1.78. The number of aryl methyl sites for hydroxylation is 2. The molecule has 0 aliphatic heterocycles. The van der Waals surface area contributed by atoms with Gasteiger partial charge in [-0.15, -0.1) is 0 Å². The molecule has 1 fully saturated rings. The van der Waals surface area contributed by atoms with Crippen molar-refractivity contribution in [2.75, 3.05) is 5.32 Å². The summed E-state index contributed by atoms with van der Waals surface area (Å²) in [6, 6.07) is 2.67. The molecule has 0 bridgehead atoms. The number of aromatic nitrogens is 4. The lowest BCUT2D eigenvalue weighted by Crippen LogP contribution is -2.05. The first kappa shape index (κ1) is 12.3. The van der Waals surface area contributed by atoms with Crippen molar-refractivity contribution in [2.45, 2.75) is 45.2 Å². The van der Waals surface area contributed by atoms with Crippen molar-refractivity contribution >= 4 is 5.82 Å². The molecule has 1 aliphatic rings. The van der Waals surface area contributed by atoms with E-state index in [1.54, 1.807) is 0 Å². The fourth-order valence-corrected chi connectivity index (χ4v) is 2.68. The van der Waals surface area contributed by atoms with Crippen molar-refractivity contribution in [2.24, 2.45) is 7.05 Å². The van der Waals surface area contributed by atoms with Gasteiger partial charge in [0.1, 0.15) is 5.82 Å². The van der Waals surface area contributed by atoms with Gasteiger partial charge in [0.2, 0.25) is 0 Å². The molecule has 0 aromatic carbocycles. The third kappa shape index (κ3) is 2.64. The Bertz CT molecular complexity index is 528. The maximum Gasteiger partial charge on any atom is 0.148 e. The average Bonchev–Trinajstić information content (AvgIpc) is 3.09. The molecule has 19 heavy (non-hydrogen) atoms. The smallest absolute Gasteiger partial charge is 0.148 e. The predicted molar refractivity (Wildman–Crippen MR) is 75.0 cm³/mol. The number of nitrogens with one attached hydrogen (secondary N) is 1. The first-order chi connectivity index (χ1) is 9.22. The van der Waals surface area contributed by atoms with E-state index >= 15 is 0 Å². The minimum absolute atomic E-state index is 0.617. The molecule has 102 valence electrons. The summed E-state index contributed by atoms with van der Waals surface area (Å²) >= 11 is 0. The minimum atomic E-state index is 0.617. The molecule has 0 atom stereocenters. The second-order valence-electron chi connectivity index (χ2n) is 5.41. The maximum absolute atomic E-state index is 4.48. The van der Waals surface area contributed by atoms with Gasteiger partial charge in [0, 0.05) is 37.1 Å². The standard InChI is InChI=1S/C14H21N5/c1-11-7-14(17-18(11)2)15-8-12-9-16-19(10-12)13-5-3-4-6-13/h7,9-10,13H,3-6,8H2,1-2H3,(H,15,17). The second kappa shape index (κ2) is 5.07. The molecule has 1 N–H and O–H groups in total. The van der Waals surface area contributed by atoms with Crippen LogP contribution in [0.3, 0.4) is 0 Å². The Labute approximate surface area is 113 Å². The Morgan fingerprint density at radius 3 is 2.84 bits per heavy atom. The van der Waals surface area contributed by atoms with Crippen molar-refractivity contribution in [1.82, 2.24) is 19.6 Å². The summed E-state index contributed by atoms with van der Waals surface area (Å²) in [5, 5.41) is 12.2. The Morgan fingerprint density at radius 1 is 1.37 bits per heavy atom. The molecule has 5 nitrogen and oxygen atoms in total. The van der Waals surface area contributed by atoms with Gasteiger partial charge in [-0.25, -0.2) is 0 Å². The van der Waals surface area contributed by atoms with Crippen LogP contribution in [-0.4, -0.2) is 19.6 Å². The zero-order valence-electron chi connectivity index (χ0n) is 11.6. The molecule has 2 aromatic heterocycles. The van der Waals surface area contributed by atoms with Gasteiger partial charge in [-0.3, -0.25) is 9.36 Å². The molecule has 1 saturated carbocycles. The molecular formula is C14H21N5. The lowest BCUT2D eigenvalue weighted by atomic mass is 10.2. The van der Waals surface area contributed by atoms with Crippen molar-refractivity contribution in [3.63, 3.8) is 0 Å². The maximum atomic E-state index is 4.48. The third-order valence-electron chi connectivity index (χ3n) is 3.94. The first-order valence-corrected chi connectivity index (χ1v) is 7.00. The molecule has 0 saturated heterocycles. The summed E-state index contributed by atoms with van der Waals surface area (Å²) in [5.74, 6) is 0.925. The molecule has 5 heteroatoms. The zero-order chi connectivity index (χ0) is 13.2. The molecule has 0 spiro atoms. The van der Waals surface area contributed by atoms with Gasteiger partial charge in [0.15, 0.2) is 0 Å². The van der Waals surface area contributed by atoms with E-state index in [9.17, 15) is 0 Å². The lowest BCUT2D eigenvalue weighted by Gasteiger charge is -2.08. The predicted octanol–water partition coefficient (Wildman–Crippen LogP) is 2.65. The van der Waals surface area contributed by atoms with Gasteiger partial charge in [-0.2, -0.15) is 10.2 Å². The number of rotatable bonds is 4. The van der Waals surface area contributed by atoms with E-state index in [1.807, 2.05) is 17.9 Å². The van der Waals surface area contributed by atoms with Gasteiger partial charge >= 0.3 is 0 Å². The zero-order valence-corrected chi connectivity index (χ0v) is 11.6. The summed E-state index contributed by atoms with van der Waals surface area (Å²) in [4.78, 5) is 0. The van der Waals surface area contributed by atoms with Crippen LogP contribution >= 0.6 is 0 Å². The van der Waals surface area contributed by atoms with Crippen LogP contribution in [0.25, 0.3) is 0 Å². The van der Waals surface area contributed by atoms with E-state index in [0.29, 0.717) is 6.04 Å². The highest BCUT2D eigenvalue weighted by Gasteiger charge is 2.17. The number of anilines is 1. The summed E-state index contributed by atoms with van der Waals surface area (Å²) < 4.78 is 4.01. The van der Waals surface area contributed by atoms with Crippen molar-refractivity contribution in [3.8, 4) is 0 Å². The third-order valence-corrected chi connectivity index (χ3v) is 3.94. The Morgan fingerprint density at radius 2 is 2.16 bits per heavy atom. The summed E-state index contributed by atoms with van der Waals surface area (Å²) in [7, 11) is 1.96. The van der Waals surface area contributed by atoms with Gasteiger partial charge in [-0.05, 0) is 19.8 Å². The number of hydrogen-bond acceptors (Lipinski definition) is 3. The lowest BCUT2D eigenvalue weighted by molar-refractivity contribution is 0.466.